The zero-order valence-electron chi connectivity index (χ0n) is 14.0. The number of carbonyl (C=O) groups excluding carboxylic acids is 1. The van der Waals surface area contributed by atoms with Crippen molar-refractivity contribution < 1.29 is 14.3 Å². The molecule has 0 atom stereocenters. The van der Waals surface area contributed by atoms with Gasteiger partial charge in [0.15, 0.2) is 0 Å². The van der Waals surface area contributed by atoms with E-state index in [1.807, 2.05) is 24.3 Å². The van der Waals surface area contributed by atoms with Gasteiger partial charge in [-0.1, -0.05) is 23.7 Å². The number of rotatable bonds is 6. The van der Waals surface area contributed by atoms with Gasteiger partial charge in [-0.15, -0.1) is 0 Å². The smallest absolute Gasteiger partial charge is 0.240 e. The van der Waals surface area contributed by atoms with E-state index in [0.29, 0.717) is 28.8 Å². The lowest BCUT2D eigenvalue weighted by Gasteiger charge is -2.36. The molecule has 0 unspecified atom stereocenters. The lowest BCUT2D eigenvalue weighted by Crippen LogP contribution is -2.58. The lowest BCUT2D eigenvalue weighted by atomic mass is 9.77. The maximum Gasteiger partial charge on any atom is 0.240 e. The zero-order valence-corrected chi connectivity index (χ0v) is 14.8. The topological polar surface area (TPSA) is 73.6 Å². The van der Waals surface area contributed by atoms with Crippen molar-refractivity contribution in [1.29, 1.82) is 0 Å². The molecule has 0 aromatic heterocycles. The fourth-order valence-corrected chi connectivity index (χ4v) is 2.85. The van der Waals surface area contributed by atoms with Crippen LogP contribution in [0.25, 0.3) is 0 Å². The lowest BCUT2D eigenvalue weighted by molar-refractivity contribution is -0.129. The molecule has 0 spiro atoms. The number of ether oxygens (including phenoxy) is 2. The SMILES string of the molecule is COc1ccc(Oc2ccc(CNC(=O)C3(N)CCC3)cc2)c(Cl)c1. The molecule has 1 aliphatic rings. The summed E-state index contributed by atoms with van der Waals surface area (Å²) in [6, 6.07) is 12.7. The third-order valence-electron chi connectivity index (χ3n) is 4.44. The number of halogens is 1. The number of nitrogens with one attached hydrogen (secondary N) is 1. The molecule has 0 heterocycles. The Kier molecular flexibility index (Phi) is 5.16. The highest BCUT2D eigenvalue weighted by atomic mass is 35.5. The van der Waals surface area contributed by atoms with Gasteiger partial charge in [0.25, 0.3) is 0 Å². The third-order valence-corrected chi connectivity index (χ3v) is 4.74. The standard InChI is InChI=1S/C19H21ClN2O3/c1-24-15-7-8-17(16(20)11-15)25-14-5-3-13(4-6-14)12-22-18(23)19(21)9-2-10-19/h3-8,11H,2,9-10,12,21H2,1H3,(H,22,23). The molecule has 2 aromatic carbocycles. The summed E-state index contributed by atoms with van der Waals surface area (Å²) in [6.45, 7) is 0.446. The van der Waals surface area contributed by atoms with Crippen molar-refractivity contribution in [2.75, 3.05) is 7.11 Å². The Morgan fingerprint density at radius 1 is 1.20 bits per heavy atom. The highest BCUT2D eigenvalue weighted by Gasteiger charge is 2.39. The van der Waals surface area contributed by atoms with Crippen LogP contribution in [0, 0.1) is 0 Å². The number of hydrogen-bond donors (Lipinski definition) is 2. The first-order chi connectivity index (χ1) is 12.0. The first kappa shape index (κ1) is 17.6. The normalized spacial score (nSPS) is 15.2. The number of nitrogens with two attached hydrogens (primary N) is 1. The molecule has 1 amide bonds. The van der Waals surface area contributed by atoms with E-state index >= 15 is 0 Å². The fourth-order valence-electron chi connectivity index (χ4n) is 2.64. The van der Waals surface area contributed by atoms with Crippen LogP contribution in [0.3, 0.4) is 0 Å². The summed E-state index contributed by atoms with van der Waals surface area (Å²) in [5, 5.41) is 3.37. The molecule has 3 N–H and O–H groups in total. The summed E-state index contributed by atoms with van der Waals surface area (Å²) >= 11 is 6.17. The van der Waals surface area contributed by atoms with E-state index in [1.54, 1.807) is 25.3 Å². The maximum atomic E-state index is 12.0. The van der Waals surface area contributed by atoms with Crippen molar-refractivity contribution in [3.05, 3.63) is 53.1 Å². The molecular weight excluding hydrogens is 340 g/mol. The molecule has 1 saturated carbocycles. The van der Waals surface area contributed by atoms with Crippen molar-refractivity contribution in [3.8, 4) is 17.2 Å². The first-order valence-electron chi connectivity index (χ1n) is 8.18. The number of methoxy groups -OCH3 is 1. The van der Waals surface area contributed by atoms with Crippen LogP contribution < -0.4 is 20.5 Å². The highest BCUT2D eigenvalue weighted by molar-refractivity contribution is 6.32. The van der Waals surface area contributed by atoms with Crippen molar-refractivity contribution in [2.45, 2.75) is 31.3 Å². The molecule has 0 aliphatic heterocycles. The number of carbonyl (C=O) groups is 1. The van der Waals surface area contributed by atoms with Crippen LogP contribution in [-0.2, 0) is 11.3 Å². The van der Waals surface area contributed by atoms with E-state index in [9.17, 15) is 4.79 Å². The number of benzene rings is 2. The summed E-state index contributed by atoms with van der Waals surface area (Å²) in [7, 11) is 1.58. The fraction of sp³-hybridized carbons (Fsp3) is 0.316. The van der Waals surface area contributed by atoms with Gasteiger partial charge < -0.3 is 20.5 Å². The van der Waals surface area contributed by atoms with Gasteiger partial charge in [0.05, 0.1) is 17.7 Å². The van der Waals surface area contributed by atoms with E-state index < -0.39 is 5.54 Å². The first-order valence-corrected chi connectivity index (χ1v) is 8.55. The molecule has 0 radical (unpaired) electrons. The van der Waals surface area contributed by atoms with E-state index in [0.717, 1.165) is 24.8 Å². The summed E-state index contributed by atoms with van der Waals surface area (Å²) in [5.41, 5.74) is 6.31. The van der Waals surface area contributed by atoms with Crippen molar-refractivity contribution >= 4 is 17.5 Å². The second kappa shape index (κ2) is 7.33. The molecule has 2 aromatic rings. The second-order valence-corrected chi connectivity index (χ2v) is 6.64. The predicted octanol–water partition coefficient (Wildman–Crippen LogP) is 3.64. The Balaban J connectivity index is 1.58. The van der Waals surface area contributed by atoms with Crippen LogP contribution in [0.4, 0.5) is 0 Å². The molecule has 0 bridgehead atoms. The average molecular weight is 361 g/mol. The Labute approximate surface area is 152 Å². The zero-order chi connectivity index (χ0) is 17.9. The van der Waals surface area contributed by atoms with E-state index in [2.05, 4.69) is 5.32 Å². The van der Waals surface area contributed by atoms with Gasteiger partial charge in [-0.05, 0) is 49.1 Å². The Morgan fingerprint density at radius 3 is 2.44 bits per heavy atom. The van der Waals surface area contributed by atoms with Crippen LogP contribution in [-0.4, -0.2) is 18.6 Å². The van der Waals surface area contributed by atoms with Crippen molar-refractivity contribution in [1.82, 2.24) is 5.32 Å². The number of hydrogen-bond acceptors (Lipinski definition) is 4. The Hall–Kier alpha value is -2.24. The van der Waals surface area contributed by atoms with Gasteiger partial charge >= 0.3 is 0 Å². The molecule has 6 heteroatoms. The molecule has 1 fully saturated rings. The van der Waals surface area contributed by atoms with Gasteiger partial charge in [-0.2, -0.15) is 0 Å². The minimum absolute atomic E-state index is 0.0795. The van der Waals surface area contributed by atoms with E-state index in [-0.39, 0.29) is 5.91 Å². The minimum atomic E-state index is -0.672. The largest absolute Gasteiger partial charge is 0.497 e. The predicted molar refractivity (Wildman–Crippen MR) is 97.1 cm³/mol. The quantitative estimate of drug-likeness (QED) is 0.824. The van der Waals surface area contributed by atoms with Crippen LogP contribution in [0.15, 0.2) is 42.5 Å². The van der Waals surface area contributed by atoms with Crippen LogP contribution in [0.5, 0.6) is 17.2 Å². The Bertz CT molecular complexity index is 758. The average Bonchev–Trinajstić information content (AvgIpc) is 2.60. The number of amides is 1. The third kappa shape index (κ3) is 4.06. The molecule has 132 valence electrons. The molecule has 0 saturated heterocycles. The van der Waals surface area contributed by atoms with Gasteiger partial charge in [-0.25, -0.2) is 0 Å². The van der Waals surface area contributed by atoms with Crippen molar-refractivity contribution in [3.63, 3.8) is 0 Å². The molecule has 3 rings (SSSR count). The van der Waals surface area contributed by atoms with Crippen LogP contribution in [0.1, 0.15) is 24.8 Å². The summed E-state index contributed by atoms with van der Waals surface area (Å²) in [5.74, 6) is 1.81. The monoisotopic (exact) mass is 360 g/mol. The highest BCUT2D eigenvalue weighted by Crippen LogP contribution is 2.32. The van der Waals surface area contributed by atoms with Gasteiger partial charge in [0.2, 0.25) is 5.91 Å². The van der Waals surface area contributed by atoms with Crippen LogP contribution in [0.2, 0.25) is 5.02 Å². The van der Waals surface area contributed by atoms with Gasteiger partial charge in [0.1, 0.15) is 17.2 Å². The van der Waals surface area contributed by atoms with Gasteiger partial charge in [-0.3, -0.25) is 4.79 Å². The second-order valence-electron chi connectivity index (χ2n) is 6.23. The molecular formula is C19H21ClN2O3. The van der Waals surface area contributed by atoms with E-state index in [1.165, 1.54) is 0 Å². The minimum Gasteiger partial charge on any atom is -0.497 e. The van der Waals surface area contributed by atoms with Crippen LogP contribution >= 0.6 is 11.6 Å². The summed E-state index contributed by atoms with van der Waals surface area (Å²) in [6.07, 6.45) is 2.53. The van der Waals surface area contributed by atoms with E-state index in [4.69, 9.17) is 26.8 Å². The summed E-state index contributed by atoms with van der Waals surface area (Å²) < 4.78 is 10.9. The van der Waals surface area contributed by atoms with Crippen molar-refractivity contribution in [2.24, 2.45) is 5.73 Å². The molecule has 1 aliphatic carbocycles. The molecule has 25 heavy (non-hydrogen) atoms. The molecule has 5 nitrogen and oxygen atoms in total. The van der Waals surface area contributed by atoms with Gasteiger partial charge in [0, 0.05) is 12.6 Å². The Morgan fingerprint density at radius 2 is 1.88 bits per heavy atom. The maximum absolute atomic E-state index is 12.0. The summed E-state index contributed by atoms with van der Waals surface area (Å²) in [4.78, 5) is 12.0.